The van der Waals surface area contributed by atoms with E-state index in [1.165, 1.54) is 11.8 Å². The maximum atomic E-state index is 12.2. The number of piperidine rings is 1. The smallest absolute Gasteiger partial charge is 0.233 e. The summed E-state index contributed by atoms with van der Waals surface area (Å²) in [4.78, 5) is 13.7. The van der Waals surface area contributed by atoms with Gasteiger partial charge in [-0.05, 0) is 0 Å². The molecule has 8 atom stereocenters. The topological polar surface area (TPSA) is 146 Å². The van der Waals surface area contributed by atoms with E-state index in [1.807, 2.05) is 0 Å². The number of β-amino-alcohol motifs (C(OH)–C–C–N with tert-alkyl or cyclic N) is 2. The van der Waals surface area contributed by atoms with Crippen LogP contribution in [0.15, 0.2) is 0 Å². The number of aliphatic hydroxyl groups is 5. The Morgan fingerprint density at radius 2 is 1.65 bits per heavy atom. The summed E-state index contributed by atoms with van der Waals surface area (Å²) >= 11 is 1.37. The van der Waals surface area contributed by atoms with E-state index in [9.17, 15) is 30.3 Å². The van der Waals surface area contributed by atoms with E-state index in [0.717, 1.165) is 0 Å². The number of thioether (sulfide) groups is 1. The van der Waals surface area contributed by atoms with E-state index in [2.05, 4.69) is 10.6 Å². The van der Waals surface area contributed by atoms with Crippen LogP contribution in [0.3, 0.4) is 0 Å². The second-order valence-electron chi connectivity index (χ2n) is 6.30. The van der Waals surface area contributed by atoms with Crippen LogP contribution in [0.5, 0.6) is 0 Å². The molecule has 3 saturated heterocycles. The molecule has 0 aromatic carbocycles. The van der Waals surface area contributed by atoms with Crippen LogP contribution in [0.1, 0.15) is 0 Å². The third-order valence-electron chi connectivity index (χ3n) is 4.78. The van der Waals surface area contributed by atoms with Gasteiger partial charge >= 0.3 is 0 Å². The Bertz CT molecular complexity index is 457. The van der Waals surface area contributed by atoms with Crippen molar-refractivity contribution in [2.75, 3.05) is 25.4 Å². The number of aliphatic hydroxyl groups excluding tert-OH is 5. The molecule has 3 rings (SSSR count). The Morgan fingerprint density at radius 1 is 1.00 bits per heavy atom. The lowest BCUT2D eigenvalue weighted by molar-refractivity contribution is -0.132. The molecule has 3 fully saturated rings. The Kier molecular flexibility index (Phi) is 5.14. The predicted molar refractivity (Wildman–Crippen MR) is 81.6 cm³/mol. The quantitative estimate of drug-likeness (QED) is 0.269. The maximum Gasteiger partial charge on any atom is 0.233 e. The van der Waals surface area contributed by atoms with Crippen LogP contribution < -0.4 is 10.6 Å². The van der Waals surface area contributed by atoms with Gasteiger partial charge in [0.25, 0.3) is 0 Å². The van der Waals surface area contributed by atoms with E-state index < -0.39 is 42.6 Å². The summed E-state index contributed by atoms with van der Waals surface area (Å²) in [5.74, 6) is 0.143. The first-order valence-corrected chi connectivity index (χ1v) is 8.73. The number of nitrogens with one attached hydrogen (secondary N) is 2. The van der Waals surface area contributed by atoms with E-state index >= 15 is 0 Å². The minimum Gasteiger partial charge on any atom is -0.389 e. The van der Waals surface area contributed by atoms with Gasteiger partial charge in [0, 0.05) is 19.6 Å². The van der Waals surface area contributed by atoms with Crippen molar-refractivity contribution in [3.8, 4) is 0 Å². The minimum atomic E-state index is -1.26. The lowest BCUT2D eigenvalue weighted by Gasteiger charge is -2.40. The molecular weight excluding hydrogens is 326 g/mol. The van der Waals surface area contributed by atoms with E-state index in [1.54, 1.807) is 4.90 Å². The van der Waals surface area contributed by atoms with Crippen LogP contribution in [0.25, 0.3) is 0 Å². The van der Waals surface area contributed by atoms with Crippen LogP contribution in [0.4, 0.5) is 0 Å². The second-order valence-corrected chi connectivity index (χ2v) is 7.41. The molecule has 0 aromatic heterocycles. The van der Waals surface area contributed by atoms with Gasteiger partial charge in [-0.1, -0.05) is 0 Å². The molecule has 0 saturated carbocycles. The minimum absolute atomic E-state index is 0.120. The molecule has 0 unspecified atom stereocenters. The molecule has 23 heavy (non-hydrogen) atoms. The Balaban J connectivity index is 1.69. The van der Waals surface area contributed by atoms with Crippen molar-refractivity contribution in [2.24, 2.45) is 0 Å². The van der Waals surface area contributed by atoms with Gasteiger partial charge in [-0.25, -0.2) is 0 Å². The molecular formula is C13H23N3O6S. The zero-order valence-corrected chi connectivity index (χ0v) is 13.3. The number of hydrogen-bond donors (Lipinski definition) is 7. The molecule has 10 heteroatoms. The Morgan fingerprint density at radius 3 is 2.30 bits per heavy atom. The molecule has 0 bridgehead atoms. The van der Waals surface area contributed by atoms with E-state index in [-0.39, 0.29) is 36.7 Å². The number of carbonyl (C=O) groups excluding carboxylic acids is 1. The van der Waals surface area contributed by atoms with Crippen molar-refractivity contribution in [3.05, 3.63) is 0 Å². The third-order valence-corrected chi connectivity index (χ3v) is 6.08. The first-order valence-electron chi connectivity index (χ1n) is 7.68. The van der Waals surface area contributed by atoms with E-state index in [0.29, 0.717) is 0 Å². The van der Waals surface area contributed by atoms with Gasteiger partial charge in [0.15, 0.2) is 0 Å². The molecule has 9 nitrogen and oxygen atoms in total. The highest BCUT2D eigenvalue weighted by Gasteiger charge is 2.47. The van der Waals surface area contributed by atoms with E-state index in [4.69, 9.17) is 0 Å². The monoisotopic (exact) mass is 349 g/mol. The lowest BCUT2D eigenvalue weighted by atomic mass is 9.95. The summed E-state index contributed by atoms with van der Waals surface area (Å²) in [6.45, 7) is 0.550. The number of hydrogen-bond acceptors (Lipinski definition) is 9. The Hall–Kier alpha value is -0.460. The van der Waals surface area contributed by atoms with Gasteiger partial charge in [-0.2, -0.15) is 0 Å². The maximum absolute atomic E-state index is 12.2. The zero-order chi connectivity index (χ0) is 16.7. The first-order chi connectivity index (χ1) is 10.9. The summed E-state index contributed by atoms with van der Waals surface area (Å²) in [6, 6.07) is -1.01. The van der Waals surface area contributed by atoms with Gasteiger partial charge in [-0.3, -0.25) is 4.79 Å². The van der Waals surface area contributed by atoms with Crippen LogP contribution in [0, 0.1) is 0 Å². The van der Waals surface area contributed by atoms with Crippen LogP contribution in [-0.2, 0) is 4.79 Å². The zero-order valence-electron chi connectivity index (χ0n) is 12.4. The fourth-order valence-electron chi connectivity index (χ4n) is 3.35. The second kappa shape index (κ2) is 6.81. The number of carbonyl (C=O) groups is 1. The summed E-state index contributed by atoms with van der Waals surface area (Å²) in [6.07, 6.45) is -5.33. The highest BCUT2D eigenvalue weighted by molar-refractivity contribution is 8.01. The number of rotatable bonds is 3. The largest absolute Gasteiger partial charge is 0.389 e. The molecule has 3 aliphatic rings. The van der Waals surface area contributed by atoms with Crippen molar-refractivity contribution in [1.29, 1.82) is 0 Å². The fourth-order valence-corrected chi connectivity index (χ4v) is 4.67. The highest BCUT2D eigenvalue weighted by Crippen LogP contribution is 2.32. The summed E-state index contributed by atoms with van der Waals surface area (Å²) < 4.78 is 0. The summed E-state index contributed by atoms with van der Waals surface area (Å²) in [5.41, 5.74) is 0. The first kappa shape index (κ1) is 17.4. The van der Waals surface area contributed by atoms with Crippen molar-refractivity contribution in [3.63, 3.8) is 0 Å². The van der Waals surface area contributed by atoms with Gasteiger partial charge in [0.05, 0.1) is 47.6 Å². The van der Waals surface area contributed by atoms with Crippen molar-refractivity contribution >= 4 is 17.7 Å². The molecule has 0 aromatic rings. The molecule has 3 heterocycles. The third kappa shape index (κ3) is 3.22. The molecule has 132 valence electrons. The van der Waals surface area contributed by atoms with Crippen LogP contribution >= 0.6 is 11.8 Å². The van der Waals surface area contributed by atoms with Gasteiger partial charge < -0.3 is 41.1 Å². The van der Waals surface area contributed by atoms with Crippen LogP contribution in [0.2, 0.25) is 0 Å². The molecule has 1 amide bonds. The molecule has 3 aliphatic heterocycles. The summed E-state index contributed by atoms with van der Waals surface area (Å²) in [7, 11) is 0. The SMILES string of the molecule is O=C1CS[C@H]([C@@H]2NC[C@@H](O)[C@H]2O)N1C[C@@H]1NC[C@@H](O)[C@@H](O)[C@@H]1O. The van der Waals surface area contributed by atoms with Gasteiger partial charge in [-0.15, -0.1) is 11.8 Å². The average molecular weight is 349 g/mol. The standard InChI is InChI=1S/C13H23N3O6S/c17-6-2-15-9(11(6)21)13-16(8(19)4-23-13)3-5-10(20)12(22)7(18)1-14-5/h5-7,9-15,17-18,20-22H,1-4H2/t5-,6+,7+,9+,10+,11+,12+,13+/m0/s1. The highest BCUT2D eigenvalue weighted by atomic mass is 32.2. The summed E-state index contributed by atoms with van der Waals surface area (Å²) in [5, 5.41) is 54.7. The molecule has 0 aliphatic carbocycles. The molecule has 0 spiro atoms. The average Bonchev–Trinajstić information content (AvgIpc) is 3.04. The predicted octanol–water partition coefficient (Wildman–Crippen LogP) is -4.36. The van der Waals surface area contributed by atoms with Gasteiger partial charge in [0.1, 0.15) is 6.10 Å². The number of amides is 1. The normalized spacial score (nSPS) is 48.2. The van der Waals surface area contributed by atoms with Gasteiger partial charge in [0.2, 0.25) is 5.91 Å². The fraction of sp³-hybridized carbons (Fsp3) is 0.923. The Labute approximate surface area is 137 Å². The molecule has 0 radical (unpaired) electrons. The van der Waals surface area contributed by atoms with Crippen molar-refractivity contribution in [1.82, 2.24) is 15.5 Å². The molecule has 7 N–H and O–H groups in total. The number of nitrogens with zero attached hydrogens (tertiary/aromatic N) is 1. The van der Waals surface area contributed by atoms with Crippen molar-refractivity contribution < 1.29 is 30.3 Å². The van der Waals surface area contributed by atoms with Crippen LogP contribution in [-0.4, -0.2) is 110 Å². The lowest BCUT2D eigenvalue weighted by Crippen LogP contribution is -2.64. The van der Waals surface area contributed by atoms with Crippen molar-refractivity contribution in [2.45, 2.75) is 48.0 Å².